The number of rotatable bonds is 13. The lowest BCUT2D eigenvalue weighted by molar-refractivity contribution is -0.275. The van der Waals surface area contributed by atoms with E-state index in [9.17, 15) is 14.7 Å². The molecule has 0 radical (unpaired) electrons. The van der Waals surface area contributed by atoms with Crippen molar-refractivity contribution in [2.75, 3.05) is 33.3 Å². The molecule has 2 heterocycles. The smallest absolute Gasteiger partial charge is 0.325 e. The Bertz CT molecular complexity index is 1290. The maximum absolute atomic E-state index is 12.0. The molecule has 10 heteroatoms. The van der Waals surface area contributed by atoms with Crippen LogP contribution in [0.25, 0.3) is 0 Å². The van der Waals surface area contributed by atoms with E-state index in [1.165, 1.54) is 0 Å². The zero-order valence-corrected chi connectivity index (χ0v) is 25.1. The van der Waals surface area contributed by atoms with E-state index >= 15 is 0 Å². The van der Waals surface area contributed by atoms with Crippen molar-refractivity contribution < 1.29 is 28.9 Å². The number of amides is 2. The zero-order valence-electron chi connectivity index (χ0n) is 25.1. The lowest BCUT2D eigenvalue weighted by Crippen LogP contribution is -2.44. The van der Waals surface area contributed by atoms with Crippen molar-refractivity contribution in [2.45, 2.75) is 51.9 Å². The van der Waals surface area contributed by atoms with Crippen molar-refractivity contribution in [3.8, 4) is 0 Å². The Hall–Kier alpha value is -3.83. The van der Waals surface area contributed by atoms with Gasteiger partial charge in [0.05, 0.1) is 25.4 Å². The Morgan fingerprint density at radius 1 is 0.977 bits per heavy atom. The Morgan fingerprint density at radius 3 is 2.37 bits per heavy atom. The average molecular weight is 591 g/mol. The highest BCUT2D eigenvalue weighted by molar-refractivity contribution is 5.80. The van der Waals surface area contributed by atoms with E-state index in [0.29, 0.717) is 6.54 Å². The monoisotopic (exact) mass is 590 g/mol. The molecule has 0 unspecified atom stereocenters. The molecule has 3 N–H and O–H groups in total. The van der Waals surface area contributed by atoms with E-state index in [2.05, 4.69) is 34.5 Å². The molecule has 0 aliphatic carbocycles. The van der Waals surface area contributed by atoms with Gasteiger partial charge in [0.25, 0.3) is 0 Å². The van der Waals surface area contributed by atoms with Crippen LogP contribution in [0, 0.1) is 5.92 Å². The molecular weight excluding hydrogens is 548 g/mol. The van der Waals surface area contributed by atoms with Crippen molar-refractivity contribution in [1.29, 1.82) is 0 Å². The molecule has 230 valence electrons. The third-order valence-electron chi connectivity index (χ3n) is 7.49. The number of esters is 1. The van der Waals surface area contributed by atoms with Gasteiger partial charge in [-0.2, -0.15) is 0 Å². The summed E-state index contributed by atoms with van der Waals surface area (Å²) >= 11 is 0. The van der Waals surface area contributed by atoms with Gasteiger partial charge in [-0.3, -0.25) is 9.78 Å². The topological polar surface area (TPSA) is 122 Å². The number of hydrogen-bond donors (Lipinski definition) is 3. The van der Waals surface area contributed by atoms with Crippen molar-refractivity contribution in [3.63, 3.8) is 0 Å². The normalized spacial score (nSPS) is 20.0. The van der Waals surface area contributed by atoms with Gasteiger partial charge in [-0.1, -0.05) is 61.5 Å². The largest absolute Gasteiger partial charge is 0.465 e. The molecule has 3 aromatic rings. The Morgan fingerprint density at radius 2 is 1.70 bits per heavy atom. The highest BCUT2D eigenvalue weighted by Crippen LogP contribution is 2.41. The summed E-state index contributed by atoms with van der Waals surface area (Å²) in [6, 6.07) is 21.1. The molecule has 4 rings (SSSR count). The molecule has 1 aliphatic heterocycles. The lowest BCUT2D eigenvalue weighted by Gasteiger charge is -2.42. The van der Waals surface area contributed by atoms with Crippen LogP contribution in [0.1, 0.15) is 54.2 Å². The quantitative estimate of drug-likeness (QED) is 0.256. The van der Waals surface area contributed by atoms with E-state index in [1.807, 2.05) is 72.9 Å². The lowest BCUT2D eigenvalue weighted by atomic mass is 9.90. The van der Waals surface area contributed by atoms with E-state index in [4.69, 9.17) is 14.2 Å². The van der Waals surface area contributed by atoms with Gasteiger partial charge < -0.3 is 34.9 Å². The third kappa shape index (κ3) is 9.59. The first kappa shape index (κ1) is 32.1. The molecule has 1 fully saturated rings. The van der Waals surface area contributed by atoms with Crippen LogP contribution in [0.2, 0.25) is 0 Å². The number of likely N-dealkylation sites (N-methyl/N-ethyl adjacent to an activating group) is 1. The minimum Gasteiger partial charge on any atom is -0.465 e. The number of carbonyl (C=O) groups is 2. The summed E-state index contributed by atoms with van der Waals surface area (Å²) in [4.78, 5) is 30.2. The van der Waals surface area contributed by atoms with Crippen molar-refractivity contribution >= 4 is 12.0 Å². The number of aromatic nitrogens is 1. The van der Waals surface area contributed by atoms with Crippen molar-refractivity contribution in [3.05, 3.63) is 101 Å². The first-order valence-electron chi connectivity index (χ1n) is 14.7. The van der Waals surface area contributed by atoms with Crippen LogP contribution < -0.4 is 10.6 Å². The van der Waals surface area contributed by atoms with E-state index in [0.717, 1.165) is 47.5 Å². The van der Waals surface area contributed by atoms with Gasteiger partial charge in [-0.25, -0.2) is 4.79 Å². The number of pyridine rings is 1. The van der Waals surface area contributed by atoms with Gasteiger partial charge in [-0.15, -0.1) is 0 Å². The number of urea groups is 1. The molecule has 0 bridgehead atoms. The first-order chi connectivity index (χ1) is 20.9. The molecule has 0 spiro atoms. The van der Waals surface area contributed by atoms with E-state index in [1.54, 1.807) is 6.92 Å². The molecule has 1 saturated heterocycles. The minimum absolute atomic E-state index is 0.00888. The number of benzene rings is 2. The van der Waals surface area contributed by atoms with Crippen LogP contribution >= 0.6 is 0 Å². The van der Waals surface area contributed by atoms with Crippen LogP contribution in [0.5, 0.6) is 0 Å². The second-order valence-electron chi connectivity index (χ2n) is 10.7. The summed E-state index contributed by atoms with van der Waals surface area (Å²) in [5.41, 5.74) is 4.71. The second kappa shape index (κ2) is 16.1. The minimum atomic E-state index is -0.581. The maximum atomic E-state index is 12.0. The van der Waals surface area contributed by atoms with Crippen LogP contribution in [-0.4, -0.2) is 66.4 Å². The summed E-state index contributed by atoms with van der Waals surface area (Å²) in [6.45, 7) is 5.80. The molecule has 0 saturated carbocycles. The first-order valence-corrected chi connectivity index (χ1v) is 14.7. The van der Waals surface area contributed by atoms with E-state index < -0.39 is 18.3 Å². The molecule has 4 atom stereocenters. The number of aliphatic hydroxyl groups excluding tert-OH is 1. The fourth-order valence-electron chi connectivity index (χ4n) is 4.98. The Balaban J connectivity index is 1.41. The predicted molar refractivity (Wildman–Crippen MR) is 162 cm³/mol. The fourth-order valence-corrected chi connectivity index (χ4v) is 4.98. The number of nitrogens with one attached hydrogen (secondary N) is 2. The second-order valence-corrected chi connectivity index (χ2v) is 10.7. The number of hydrogen-bond acceptors (Lipinski definition) is 8. The van der Waals surface area contributed by atoms with Gasteiger partial charge in [0, 0.05) is 49.4 Å². The molecule has 2 aromatic carbocycles. The zero-order chi connectivity index (χ0) is 30.6. The molecule has 10 nitrogen and oxygen atoms in total. The summed E-state index contributed by atoms with van der Waals surface area (Å²) in [5, 5.41) is 14.7. The summed E-state index contributed by atoms with van der Waals surface area (Å²) in [5.74, 6) is -0.408. The third-order valence-corrected chi connectivity index (χ3v) is 7.49. The molecular formula is C33H42N4O6. The van der Waals surface area contributed by atoms with Crippen LogP contribution in [0.4, 0.5) is 4.79 Å². The highest BCUT2D eigenvalue weighted by Gasteiger charge is 2.38. The molecule has 1 aliphatic rings. The average Bonchev–Trinajstić information content (AvgIpc) is 3.03. The molecule has 2 amide bonds. The van der Waals surface area contributed by atoms with Gasteiger partial charge in [0.15, 0.2) is 6.29 Å². The number of ether oxygens (including phenoxy) is 3. The predicted octanol–water partition coefficient (Wildman–Crippen LogP) is 3.90. The number of carbonyl (C=O) groups excluding carboxylic acids is 2. The Kier molecular flexibility index (Phi) is 12.0. The summed E-state index contributed by atoms with van der Waals surface area (Å²) < 4.78 is 18.0. The number of aliphatic hydroxyl groups is 1. The molecule has 1 aromatic heterocycles. The van der Waals surface area contributed by atoms with Crippen LogP contribution in [0.15, 0.2) is 72.9 Å². The van der Waals surface area contributed by atoms with Crippen LogP contribution in [-0.2, 0) is 38.6 Å². The van der Waals surface area contributed by atoms with Gasteiger partial charge in [0.2, 0.25) is 0 Å². The van der Waals surface area contributed by atoms with E-state index in [-0.39, 0.29) is 37.9 Å². The van der Waals surface area contributed by atoms with Crippen molar-refractivity contribution in [2.24, 2.45) is 5.92 Å². The van der Waals surface area contributed by atoms with Gasteiger partial charge in [-0.05, 0) is 42.8 Å². The Labute approximate surface area is 253 Å². The van der Waals surface area contributed by atoms with Gasteiger partial charge in [0.1, 0.15) is 6.54 Å². The van der Waals surface area contributed by atoms with Crippen LogP contribution in [0.3, 0.4) is 0 Å². The SMILES string of the molecule is CCOC(=O)CNC(=O)NCc1ccc([C@@H]2O[C@H](CN(C)CCc3ccccn3)[C@H](C)[C@H](c3ccc(CO)cc3)O2)cc1. The number of nitrogens with zero attached hydrogens (tertiary/aromatic N) is 2. The highest BCUT2D eigenvalue weighted by atomic mass is 16.7. The summed E-state index contributed by atoms with van der Waals surface area (Å²) in [7, 11) is 2.10. The maximum Gasteiger partial charge on any atom is 0.325 e. The fraction of sp³-hybridized carbons (Fsp3) is 0.424. The standard InChI is InChI=1S/C33H42N4O6/c1-4-41-30(39)20-36-33(40)35-19-24-8-14-27(15-9-24)32-42-29(21-37(3)18-16-28-7-5-6-17-34-28)23(2)31(43-32)26-12-10-25(22-38)11-13-26/h5-15,17,23,29,31-32,38H,4,16,18-22H2,1-3H3,(H2,35,36,40)/t23-,29+,31+,32+/m0/s1. The molecule has 43 heavy (non-hydrogen) atoms. The van der Waals surface area contributed by atoms with Gasteiger partial charge >= 0.3 is 12.0 Å². The van der Waals surface area contributed by atoms with Crippen molar-refractivity contribution in [1.82, 2.24) is 20.5 Å². The summed E-state index contributed by atoms with van der Waals surface area (Å²) in [6.07, 6.45) is 1.78.